The molecule has 0 saturated heterocycles. The molecule has 0 atom stereocenters. The molecule has 0 fully saturated rings. The van der Waals surface area contributed by atoms with Gasteiger partial charge in [0, 0.05) is 11.6 Å². The zero-order valence-corrected chi connectivity index (χ0v) is 11.2. The summed E-state index contributed by atoms with van der Waals surface area (Å²) >= 11 is 6.06. The maximum Gasteiger partial charge on any atom is 0.227 e. The second-order valence-corrected chi connectivity index (χ2v) is 4.34. The lowest BCUT2D eigenvalue weighted by molar-refractivity contribution is -0.127. The van der Waals surface area contributed by atoms with Gasteiger partial charge in [0.1, 0.15) is 11.5 Å². The molecule has 5 heteroatoms. The van der Waals surface area contributed by atoms with Crippen LogP contribution in [0.2, 0.25) is 5.02 Å². The van der Waals surface area contributed by atoms with Crippen LogP contribution in [0.3, 0.4) is 0 Å². The average molecular weight is 270 g/mol. The van der Waals surface area contributed by atoms with Gasteiger partial charge in [-0.1, -0.05) is 17.7 Å². The van der Waals surface area contributed by atoms with Gasteiger partial charge < -0.3 is 10.1 Å². The van der Waals surface area contributed by atoms with Crippen LogP contribution in [0.5, 0.6) is 5.75 Å². The summed E-state index contributed by atoms with van der Waals surface area (Å²) in [6, 6.07) is 5.41. The Morgan fingerprint density at radius 2 is 2.11 bits per heavy atom. The molecule has 0 unspecified atom stereocenters. The molecule has 4 nitrogen and oxygen atoms in total. The molecule has 1 aromatic carbocycles. The zero-order valence-electron chi connectivity index (χ0n) is 10.5. The number of methoxy groups -OCH3 is 1. The summed E-state index contributed by atoms with van der Waals surface area (Å²) in [4.78, 5) is 22.0. The smallest absolute Gasteiger partial charge is 0.227 e. The number of ether oxygens (including phenoxy) is 1. The van der Waals surface area contributed by atoms with E-state index < -0.39 is 0 Å². The molecule has 1 amide bonds. The molecular formula is C13H16ClNO3. The van der Waals surface area contributed by atoms with Crippen molar-refractivity contribution in [2.75, 3.05) is 13.7 Å². The van der Waals surface area contributed by atoms with Gasteiger partial charge in [-0.25, -0.2) is 0 Å². The second kappa shape index (κ2) is 7.01. The van der Waals surface area contributed by atoms with Crippen molar-refractivity contribution in [2.24, 2.45) is 0 Å². The predicted octanol–water partition coefficient (Wildman–Crippen LogP) is 1.99. The molecule has 1 N–H and O–H groups in total. The number of ketones is 1. The molecule has 0 aromatic heterocycles. The number of carbonyl (C=O) groups excluding carboxylic acids is 2. The van der Waals surface area contributed by atoms with Crippen LogP contribution in [-0.2, 0) is 16.0 Å². The van der Waals surface area contributed by atoms with Crippen LogP contribution >= 0.6 is 11.6 Å². The van der Waals surface area contributed by atoms with Crippen molar-refractivity contribution in [1.82, 2.24) is 5.32 Å². The molecule has 1 aromatic rings. The van der Waals surface area contributed by atoms with Gasteiger partial charge in [-0.2, -0.15) is 0 Å². The number of benzene rings is 1. The number of Topliss-reactive ketones (excluding diaryl/α,β-unsaturated/α-hetero) is 1. The van der Waals surface area contributed by atoms with E-state index in [1.165, 1.54) is 6.92 Å². The van der Waals surface area contributed by atoms with Gasteiger partial charge in [-0.3, -0.25) is 9.59 Å². The number of rotatable bonds is 6. The second-order valence-electron chi connectivity index (χ2n) is 3.94. The van der Waals surface area contributed by atoms with E-state index in [1.54, 1.807) is 13.2 Å². The van der Waals surface area contributed by atoms with Crippen LogP contribution in [0.4, 0.5) is 0 Å². The molecule has 0 aliphatic heterocycles. The van der Waals surface area contributed by atoms with Gasteiger partial charge >= 0.3 is 0 Å². The summed E-state index contributed by atoms with van der Waals surface area (Å²) in [7, 11) is 1.58. The first-order valence-electron chi connectivity index (χ1n) is 5.61. The molecule has 0 aliphatic rings. The quantitative estimate of drug-likeness (QED) is 0.804. The Bertz CT molecular complexity index is 446. The van der Waals surface area contributed by atoms with Gasteiger partial charge in [-0.15, -0.1) is 0 Å². The summed E-state index contributed by atoms with van der Waals surface area (Å²) < 4.78 is 5.04. The van der Waals surface area contributed by atoms with E-state index >= 15 is 0 Å². The number of carbonyl (C=O) groups is 2. The minimum absolute atomic E-state index is 0.0731. The molecule has 18 heavy (non-hydrogen) atoms. The lowest BCUT2D eigenvalue weighted by Crippen LogP contribution is -2.27. The van der Waals surface area contributed by atoms with Crippen LogP contribution in [0, 0.1) is 0 Å². The third-order valence-corrected chi connectivity index (χ3v) is 2.74. The monoisotopic (exact) mass is 269 g/mol. The van der Waals surface area contributed by atoms with Crippen LogP contribution in [0.25, 0.3) is 0 Å². The van der Waals surface area contributed by atoms with Crippen molar-refractivity contribution < 1.29 is 14.3 Å². The molecule has 1 rings (SSSR count). The molecule has 0 radical (unpaired) electrons. The van der Waals surface area contributed by atoms with E-state index in [1.807, 2.05) is 12.1 Å². The SMILES string of the molecule is COc1ccc(CCNC(=O)CC(C)=O)c(Cl)c1. The highest BCUT2D eigenvalue weighted by Crippen LogP contribution is 2.22. The fraction of sp³-hybridized carbons (Fsp3) is 0.385. The highest BCUT2D eigenvalue weighted by atomic mass is 35.5. The van der Waals surface area contributed by atoms with Crippen molar-refractivity contribution in [3.8, 4) is 5.75 Å². The first-order valence-corrected chi connectivity index (χ1v) is 5.99. The van der Waals surface area contributed by atoms with Crippen molar-refractivity contribution in [1.29, 1.82) is 0 Å². The molecular weight excluding hydrogens is 254 g/mol. The Morgan fingerprint density at radius 1 is 1.39 bits per heavy atom. The van der Waals surface area contributed by atoms with Crippen molar-refractivity contribution in [3.63, 3.8) is 0 Å². The number of hydrogen-bond donors (Lipinski definition) is 1. The minimum Gasteiger partial charge on any atom is -0.497 e. The average Bonchev–Trinajstić information content (AvgIpc) is 2.30. The van der Waals surface area contributed by atoms with E-state index in [0.717, 1.165) is 5.56 Å². The molecule has 0 heterocycles. The maximum absolute atomic E-state index is 11.2. The topological polar surface area (TPSA) is 55.4 Å². The first kappa shape index (κ1) is 14.5. The fourth-order valence-electron chi connectivity index (χ4n) is 1.48. The lowest BCUT2D eigenvalue weighted by atomic mass is 10.1. The molecule has 0 spiro atoms. The number of hydrogen-bond acceptors (Lipinski definition) is 3. The summed E-state index contributed by atoms with van der Waals surface area (Å²) in [6.07, 6.45) is 0.544. The molecule has 98 valence electrons. The molecule has 0 bridgehead atoms. The van der Waals surface area contributed by atoms with Crippen LogP contribution in [0.1, 0.15) is 18.9 Å². The summed E-state index contributed by atoms with van der Waals surface area (Å²) in [6.45, 7) is 1.85. The number of nitrogens with one attached hydrogen (secondary N) is 1. The van der Waals surface area contributed by atoms with Gasteiger partial charge in [-0.05, 0) is 31.0 Å². The molecule has 0 aliphatic carbocycles. The van der Waals surface area contributed by atoms with E-state index in [4.69, 9.17) is 16.3 Å². The normalized spacial score (nSPS) is 9.94. The van der Waals surface area contributed by atoms with Crippen molar-refractivity contribution >= 4 is 23.3 Å². The number of halogens is 1. The van der Waals surface area contributed by atoms with Crippen molar-refractivity contribution in [3.05, 3.63) is 28.8 Å². The third-order valence-electron chi connectivity index (χ3n) is 2.39. The van der Waals surface area contributed by atoms with Crippen LogP contribution in [-0.4, -0.2) is 25.3 Å². The van der Waals surface area contributed by atoms with Gasteiger partial charge in [0.25, 0.3) is 0 Å². The van der Waals surface area contributed by atoms with E-state index in [2.05, 4.69) is 5.32 Å². The zero-order chi connectivity index (χ0) is 13.5. The third kappa shape index (κ3) is 4.75. The lowest BCUT2D eigenvalue weighted by Gasteiger charge is -2.07. The van der Waals surface area contributed by atoms with E-state index in [-0.39, 0.29) is 18.1 Å². The van der Waals surface area contributed by atoms with Crippen LogP contribution < -0.4 is 10.1 Å². The van der Waals surface area contributed by atoms with E-state index in [9.17, 15) is 9.59 Å². The van der Waals surface area contributed by atoms with Gasteiger partial charge in [0.05, 0.1) is 13.5 Å². The highest BCUT2D eigenvalue weighted by molar-refractivity contribution is 6.31. The Kier molecular flexibility index (Phi) is 5.65. The largest absolute Gasteiger partial charge is 0.497 e. The Labute approximate surface area is 111 Å². The van der Waals surface area contributed by atoms with Crippen molar-refractivity contribution in [2.45, 2.75) is 19.8 Å². The summed E-state index contributed by atoms with van der Waals surface area (Å²) in [5.41, 5.74) is 0.931. The van der Waals surface area contributed by atoms with Gasteiger partial charge in [0.15, 0.2) is 0 Å². The minimum atomic E-state index is -0.257. The number of amides is 1. The maximum atomic E-state index is 11.2. The predicted molar refractivity (Wildman–Crippen MR) is 70.0 cm³/mol. The van der Waals surface area contributed by atoms with Crippen LogP contribution in [0.15, 0.2) is 18.2 Å². The van der Waals surface area contributed by atoms with E-state index in [0.29, 0.717) is 23.7 Å². The Balaban J connectivity index is 2.44. The molecule has 0 saturated carbocycles. The summed E-state index contributed by atoms with van der Waals surface area (Å²) in [5, 5.41) is 3.28. The Hall–Kier alpha value is -1.55. The standard InChI is InChI=1S/C13H16ClNO3/c1-9(16)7-13(17)15-6-5-10-3-4-11(18-2)8-12(10)14/h3-4,8H,5-7H2,1-2H3,(H,15,17). The fourth-order valence-corrected chi connectivity index (χ4v) is 1.75. The highest BCUT2D eigenvalue weighted by Gasteiger charge is 2.06. The summed E-state index contributed by atoms with van der Waals surface area (Å²) in [5.74, 6) is 0.298. The Morgan fingerprint density at radius 3 is 2.67 bits per heavy atom. The van der Waals surface area contributed by atoms with Gasteiger partial charge in [0.2, 0.25) is 5.91 Å². The first-order chi connectivity index (χ1) is 8.52.